The minimum absolute atomic E-state index is 0.947. The number of cyclic esters (lactones) is 1. The van der Waals surface area contributed by atoms with Crippen LogP contribution in [0.4, 0.5) is 0 Å². The van der Waals surface area contributed by atoms with Crippen molar-refractivity contribution >= 4 is 5.97 Å². The van der Waals surface area contributed by atoms with Crippen LogP contribution in [-0.2, 0) is 9.53 Å². The summed E-state index contributed by atoms with van der Waals surface area (Å²) in [4.78, 5) is 10.5. The molecule has 6 heteroatoms. The summed E-state index contributed by atoms with van der Waals surface area (Å²) in [5.41, 5.74) is 0. The molecule has 4 N–H and O–H groups in total. The summed E-state index contributed by atoms with van der Waals surface area (Å²) in [5.74, 6) is -3.50. The van der Waals surface area contributed by atoms with Crippen LogP contribution in [0.15, 0.2) is 0 Å². The molecule has 1 heterocycles. The van der Waals surface area contributed by atoms with Crippen LogP contribution in [0, 0.1) is 0 Å². The molecule has 0 saturated carbocycles. The Bertz CT molecular complexity index is 180. The highest BCUT2D eigenvalue weighted by atomic mass is 16.7. The van der Waals surface area contributed by atoms with Crippen molar-refractivity contribution in [1.82, 2.24) is 0 Å². The van der Waals surface area contributed by atoms with Crippen molar-refractivity contribution in [2.24, 2.45) is 0 Å². The molecule has 1 aliphatic heterocycles. The molecule has 0 bridgehead atoms. The minimum atomic E-state index is -2.35. The highest BCUT2D eigenvalue weighted by Crippen LogP contribution is 2.24. The van der Waals surface area contributed by atoms with E-state index in [1.165, 1.54) is 0 Å². The summed E-state index contributed by atoms with van der Waals surface area (Å²) in [5, 5.41) is 35.1. The molecule has 3 atom stereocenters. The van der Waals surface area contributed by atoms with Gasteiger partial charge < -0.3 is 25.2 Å². The summed E-state index contributed by atoms with van der Waals surface area (Å²) in [6.07, 6.45) is -3.58. The van der Waals surface area contributed by atoms with Gasteiger partial charge in [-0.05, 0) is 0 Å². The third kappa shape index (κ3) is 1.10. The molecule has 1 fully saturated rings. The van der Waals surface area contributed by atoms with Gasteiger partial charge >= 0.3 is 5.97 Å². The molecule has 11 heavy (non-hydrogen) atoms. The molecule has 64 valence electrons. The van der Waals surface area contributed by atoms with Crippen LogP contribution < -0.4 is 0 Å². The third-order valence-corrected chi connectivity index (χ3v) is 1.51. The first-order valence-corrected chi connectivity index (χ1v) is 2.93. The number of carbonyl (C=O) groups excluding carboxylic acids is 1. The lowest BCUT2D eigenvalue weighted by Crippen LogP contribution is -2.46. The summed E-state index contributed by atoms with van der Waals surface area (Å²) < 4.78 is 4.09. The van der Waals surface area contributed by atoms with Gasteiger partial charge in [0.1, 0.15) is 6.61 Å². The molecule has 0 radical (unpaired) electrons. The monoisotopic (exact) mass is 164 g/mol. The first kappa shape index (κ1) is 8.41. The van der Waals surface area contributed by atoms with Crippen LogP contribution in [0.25, 0.3) is 0 Å². The zero-order chi connectivity index (χ0) is 8.65. The third-order valence-electron chi connectivity index (χ3n) is 1.51. The van der Waals surface area contributed by atoms with Crippen LogP contribution in [0.1, 0.15) is 0 Å². The van der Waals surface area contributed by atoms with E-state index >= 15 is 0 Å². The zero-order valence-electron chi connectivity index (χ0n) is 5.47. The SMILES string of the molecule is O=C1OC(O)(CO)[C@H](O)[C@H]1O. The van der Waals surface area contributed by atoms with Crippen molar-refractivity contribution in [1.29, 1.82) is 0 Å². The summed E-state index contributed by atoms with van der Waals surface area (Å²) >= 11 is 0. The standard InChI is InChI=1S/C5H8O6/c6-1-5(10)3(8)2(7)4(9)11-5/h2-3,6-8,10H,1H2/t2-,3-,5?/m1/s1. The van der Waals surface area contributed by atoms with Gasteiger partial charge in [0.15, 0.2) is 12.2 Å². The van der Waals surface area contributed by atoms with Gasteiger partial charge in [0.2, 0.25) is 0 Å². The predicted octanol–water partition coefficient (Wildman–Crippen LogP) is -3.05. The smallest absolute Gasteiger partial charge is 0.340 e. The molecule has 0 aromatic rings. The second-order valence-corrected chi connectivity index (χ2v) is 2.31. The van der Waals surface area contributed by atoms with E-state index in [0.717, 1.165) is 0 Å². The van der Waals surface area contributed by atoms with E-state index in [0.29, 0.717) is 0 Å². The second kappa shape index (κ2) is 2.42. The Labute approximate surface area is 61.6 Å². The van der Waals surface area contributed by atoms with E-state index in [1.54, 1.807) is 0 Å². The van der Waals surface area contributed by atoms with E-state index in [4.69, 9.17) is 20.4 Å². The molecule has 1 saturated heterocycles. The van der Waals surface area contributed by atoms with Crippen LogP contribution >= 0.6 is 0 Å². The number of hydrogen-bond acceptors (Lipinski definition) is 6. The fourth-order valence-corrected chi connectivity index (χ4v) is 0.796. The van der Waals surface area contributed by atoms with Crippen molar-refractivity contribution in [2.45, 2.75) is 18.0 Å². The molecular formula is C5H8O6. The average Bonchev–Trinajstić information content (AvgIpc) is 2.17. The maximum atomic E-state index is 10.5. The Hall–Kier alpha value is -0.690. The lowest BCUT2D eigenvalue weighted by Gasteiger charge is -2.21. The first-order chi connectivity index (χ1) is 5.01. The van der Waals surface area contributed by atoms with Gasteiger partial charge in [0.25, 0.3) is 5.79 Å². The number of hydrogen-bond donors (Lipinski definition) is 4. The largest absolute Gasteiger partial charge is 0.426 e. The number of ether oxygens (including phenoxy) is 1. The molecule has 1 unspecified atom stereocenters. The molecule has 1 aliphatic rings. The van der Waals surface area contributed by atoms with Crippen LogP contribution in [0.2, 0.25) is 0 Å². The van der Waals surface area contributed by atoms with Gasteiger partial charge in [-0.3, -0.25) is 0 Å². The lowest BCUT2D eigenvalue weighted by molar-refractivity contribution is -0.232. The molecule has 0 spiro atoms. The zero-order valence-corrected chi connectivity index (χ0v) is 5.47. The first-order valence-electron chi connectivity index (χ1n) is 2.93. The topological polar surface area (TPSA) is 107 Å². The second-order valence-electron chi connectivity index (χ2n) is 2.31. The highest BCUT2D eigenvalue weighted by Gasteiger charge is 2.53. The summed E-state index contributed by atoms with van der Waals surface area (Å²) in [6, 6.07) is 0. The fraction of sp³-hybridized carbons (Fsp3) is 0.800. The molecule has 0 aromatic carbocycles. The van der Waals surface area contributed by atoms with Crippen LogP contribution in [0.3, 0.4) is 0 Å². The van der Waals surface area contributed by atoms with Crippen molar-refractivity contribution < 1.29 is 30.0 Å². The van der Waals surface area contributed by atoms with E-state index in [-0.39, 0.29) is 0 Å². The van der Waals surface area contributed by atoms with Crippen molar-refractivity contribution in [3.05, 3.63) is 0 Å². The fourth-order valence-electron chi connectivity index (χ4n) is 0.796. The van der Waals surface area contributed by atoms with E-state index in [2.05, 4.69) is 4.74 Å². The number of aliphatic hydroxyl groups is 4. The van der Waals surface area contributed by atoms with E-state index < -0.39 is 30.6 Å². The van der Waals surface area contributed by atoms with Gasteiger partial charge in [-0.1, -0.05) is 0 Å². The minimum Gasteiger partial charge on any atom is -0.426 e. The molecular weight excluding hydrogens is 156 g/mol. The molecule has 6 nitrogen and oxygen atoms in total. The number of esters is 1. The molecule has 0 amide bonds. The van der Waals surface area contributed by atoms with Gasteiger partial charge in [-0.15, -0.1) is 0 Å². The van der Waals surface area contributed by atoms with E-state index in [1.807, 2.05) is 0 Å². The van der Waals surface area contributed by atoms with Crippen molar-refractivity contribution in [2.75, 3.05) is 6.61 Å². The normalized spacial score (nSPS) is 44.2. The average molecular weight is 164 g/mol. The van der Waals surface area contributed by atoms with Crippen molar-refractivity contribution in [3.63, 3.8) is 0 Å². The van der Waals surface area contributed by atoms with Gasteiger partial charge in [-0.25, -0.2) is 4.79 Å². The van der Waals surface area contributed by atoms with E-state index in [9.17, 15) is 4.79 Å². The lowest BCUT2D eigenvalue weighted by atomic mass is 10.1. The highest BCUT2D eigenvalue weighted by molar-refractivity contribution is 5.78. The molecule has 1 rings (SSSR count). The summed E-state index contributed by atoms with van der Waals surface area (Å²) in [6.45, 7) is -0.947. The van der Waals surface area contributed by atoms with Crippen molar-refractivity contribution in [3.8, 4) is 0 Å². The van der Waals surface area contributed by atoms with Crippen LogP contribution in [0.5, 0.6) is 0 Å². The number of aliphatic hydroxyl groups excluding tert-OH is 3. The Morgan fingerprint density at radius 1 is 1.55 bits per heavy atom. The Balaban J connectivity index is 2.82. The van der Waals surface area contributed by atoms with Gasteiger partial charge in [0, 0.05) is 0 Å². The maximum absolute atomic E-state index is 10.5. The number of carbonyl (C=O) groups is 1. The predicted molar refractivity (Wildman–Crippen MR) is 30.1 cm³/mol. The maximum Gasteiger partial charge on any atom is 0.340 e. The summed E-state index contributed by atoms with van der Waals surface area (Å²) in [7, 11) is 0. The van der Waals surface area contributed by atoms with Gasteiger partial charge in [0.05, 0.1) is 0 Å². The number of rotatable bonds is 1. The Kier molecular flexibility index (Phi) is 1.85. The van der Waals surface area contributed by atoms with Crippen LogP contribution in [-0.4, -0.2) is 51.0 Å². The Morgan fingerprint density at radius 3 is 2.27 bits per heavy atom. The molecule has 0 aromatic heterocycles. The quantitative estimate of drug-likeness (QED) is 0.307. The Morgan fingerprint density at radius 2 is 2.09 bits per heavy atom. The molecule has 0 aliphatic carbocycles. The van der Waals surface area contributed by atoms with Gasteiger partial charge in [-0.2, -0.15) is 0 Å².